The number of hydrogen-bond donors (Lipinski definition) is 2. The van der Waals surface area contributed by atoms with Gasteiger partial charge in [0.15, 0.2) is 5.96 Å². The summed E-state index contributed by atoms with van der Waals surface area (Å²) in [6, 6.07) is 15.8. The van der Waals surface area contributed by atoms with Gasteiger partial charge in [-0.25, -0.2) is 0 Å². The van der Waals surface area contributed by atoms with Gasteiger partial charge in [0, 0.05) is 58.4 Å². The van der Waals surface area contributed by atoms with Gasteiger partial charge in [-0.05, 0) is 54.7 Å². The Kier molecular flexibility index (Phi) is 8.25. The monoisotopic (exact) mass is 435 g/mol. The van der Waals surface area contributed by atoms with Gasteiger partial charge in [0.2, 0.25) is 5.91 Å². The van der Waals surface area contributed by atoms with Crippen LogP contribution in [0.25, 0.3) is 0 Å². The molecule has 1 aliphatic heterocycles. The molecule has 0 radical (unpaired) electrons. The zero-order valence-corrected chi connectivity index (χ0v) is 19.2. The molecule has 2 aromatic rings. The lowest BCUT2D eigenvalue weighted by atomic mass is 10.1. The van der Waals surface area contributed by atoms with Crippen molar-refractivity contribution in [3.8, 4) is 0 Å². The Bertz CT molecular complexity index is 953. The molecule has 0 aromatic heterocycles. The van der Waals surface area contributed by atoms with Crippen LogP contribution in [-0.2, 0) is 17.8 Å². The van der Waals surface area contributed by atoms with E-state index in [9.17, 15) is 9.59 Å². The Morgan fingerprint density at radius 1 is 1.06 bits per heavy atom. The predicted octanol–water partition coefficient (Wildman–Crippen LogP) is 2.81. The molecule has 2 amide bonds. The summed E-state index contributed by atoms with van der Waals surface area (Å²) < 4.78 is 0. The van der Waals surface area contributed by atoms with Gasteiger partial charge in [0.05, 0.1) is 0 Å². The number of guanidine groups is 1. The highest BCUT2D eigenvalue weighted by molar-refractivity contribution is 5.94. The molecular formula is C25H33N5O2. The Morgan fingerprint density at radius 3 is 2.53 bits per heavy atom. The van der Waals surface area contributed by atoms with Crippen molar-refractivity contribution in [2.75, 3.05) is 39.1 Å². The first-order chi connectivity index (χ1) is 15.5. The number of anilines is 1. The molecular weight excluding hydrogens is 402 g/mol. The van der Waals surface area contributed by atoms with Crippen molar-refractivity contribution in [2.45, 2.75) is 32.2 Å². The highest BCUT2D eigenvalue weighted by Gasteiger charge is 2.19. The largest absolute Gasteiger partial charge is 0.356 e. The summed E-state index contributed by atoms with van der Waals surface area (Å²) in [6.45, 7) is 2.15. The number of piperidine rings is 1. The van der Waals surface area contributed by atoms with E-state index in [2.05, 4.69) is 15.6 Å². The van der Waals surface area contributed by atoms with E-state index in [1.807, 2.05) is 53.4 Å². The quantitative estimate of drug-likeness (QED) is 0.518. The lowest BCUT2D eigenvalue weighted by molar-refractivity contribution is -0.119. The van der Waals surface area contributed by atoms with Gasteiger partial charge >= 0.3 is 0 Å². The van der Waals surface area contributed by atoms with Crippen molar-refractivity contribution in [1.29, 1.82) is 0 Å². The Balaban J connectivity index is 1.47. The Labute approximate surface area is 190 Å². The van der Waals surface area contributed by atoms with Crippen molar-refractivity contribution in [1.82, 2.24) is 15.5 Å². The predicted molar refractivity (Wildman–Crippen MR) is 129 cm³/mol. The lowest BCUT2D eigenvalue weighted by Gasteiger charge is -2.26. The Hall–Kier alpha value is -3.35. The maximum atomic E-state index is 12.1. The molecule has 0 saturated carbocycles. The van der Waals surface area contributed by atoms with Crippen LogP contribution >= 0.6 is 0 Å². The highest BCUT2D eigenvalue weighted by Crippen LogP contribution is 2.21. The van der Waals surface area contributed by atoms with Crippen molar-refractivity contribution >= 4 is 23.5 Å². The summed E-state index contributed by atoms with van der Waals surface area (Å²) in [5.41, 5.74) is 3.89. The van der Waals surface area contributed by atoms with Gasteiger partial charge in [-0.1, -0.05) is 24.3 Å². The van der Waals surface area contributed by atoms with E-state index in [4.69, 9.17) is 0 Å². The molecule has 1 aliphatic rings. The summed E-state index contributed by atoms with van der Waals surface area (Å²) in [5.74, 6) is 0.942. The first-order valence-electron chi connectivity index (χ1n) is 11.1. The molecule has 7 nitrogen and oxygen atoms in total. The molecule has 7 heteroatoms. The average Bonchev–Trinajstić information content (AvgIpc) is 2.81. The molecule has 2 N–H and O–H groups in total. The molecule has 0 atom stereocenters. The second-order valence-corrected chi connectivity index (χ2v) is 8.17. The number of carbonyl (C=O) groups is 2. The second kappa shape index (κ2) is 11.3. The third-order valence-corrected chi connectivity index (χ3v) is 5.54. The average molecular weight is 436 g/mol. The minimum absolute atomic E-state index is 0.00737. The zero-order chi connectivity index (χ0) is 22.9. The van der Waals surface area contributed by atoms with E-state index in [1.165, 1.54) is 0 Å². The summed E-state index contributed by atoms with van der Waals surface area (Å²) >= 11 is 0. The van der Waals surface area contributed by atoms with Crippen LogP contribution in [0.15, 0.2) is 53.5 Å². The number of rotatable bonds is 7. The number of hydrogen-bond acceptors (Lipinski definition) is 3. The minimum Gasteiger partial charge on any atom is -0.356 e. The lowest BCUT2D eigenvalue weighted by Crippen LogP contribution is -2.38. The summed E-state index contributed by atoms with van der Waals surface area (Å²) in [5, 5.41) is 6.64. The summed E-state index contributed by atoms with van der Waals surface area (Å²) in [7, 11) is 5.26. The maximum Gasteiger partial charge on any atom is 0.253 e. The van der Waals surface area contributed by atoms with Gasteiger partial charge in [0.25, 0.3) is 5.91 Å². The van der Waals surface area contributed by atoms with Gasteiger partial charge in [-0.3, -0.25) is 14.6 Å². The van der Waals surface area contributed by atoms with Crippen LogP contribution in [0.5, 0.6) is 0 Å². The van der Waals surface area contributed by atoms with Crippen LogP contribution in [0.1, 0.15) is 40.7 Å². The van der Waals surface area contributed by atoms with E-state index in [0.29, 0.717) is 25.1 Å². The fraction of sp³-hybridized carbons (Fsp3) is 0.400. The minimum atomic E-state index is 0.00737. The topological polar surface area (TPSA) is 77.0 Å². The van der Waals surface area contributed by atoms with Crippen LogP contribution in [0, 0.1) is 0 Å². The van der Waals surface area contributed by atoms with Crippen LogP contribution in [0.4, 0.5) is 5.69 Å². The zero-order valence-electron chi connectivity index (χ0n) is 19.2. The van der Waals surface area contributed by atoms with Gasteiger partial charge in [-0.15, -0.1) is 0 Å². The fourth-order valence-corrected chi connectivity index (χ4v) is 3.72. The number of carbonyl (C=O) groups excluding carboxylic acids is 2. The Morgan fingerprint density at radius 2 is 1.84 bits per heavy atom. The third kappa shape index (κ3) is 6.33. The van der Waals surface area contributed by atoms with Gasteiger partial charge < -0.3 is 20.4 Å². The molecule has 0 aliphatic carbocycles. The molecule has 3 rings (SSSR count). The number of benzene rings is 2. The van der Waals surface area contributed by atoms with E-state index in [-0.39, 0.29) is 11.8 Å². The molecule has 0 spiro atoms. The summed E-state index contributed by atoms with van der Waals surface area (Å²) in [4.78, 5) is 32.0. The number of nitrogens with zero attached hydrogens (tertiary/aromatic N) is 3. The number of nitrogens with one attached hydrogen (secondary N) is 2. The van der Waals surface area contributed by atoms with Crippen molar-refractivity contribution < 1.29 is 9.59 Å². The first-order valence-corrected chi connectivity index (χ1v) is 11.1. The molecule has 32 heavy (non-hydrogen) atoms. The van der Waals surface area contributed by atoms with Crippen molar-refractivity contribution in [3.05, 3.63) is 65.2 Å². The SMILES string of the molecule is CN=C(NCCc1cccc(C(=O)N(C)C)c1)NCc1ccc(N2CCCCC2=O)cc1. The van der Waals surface area contributed by atoms with Crippen LogP contribution in [0.3, 0.4) is 0 Å². The summed E-state index contributed by atoms with van der Waals surface area (Å²) in [6.07, 6.45) is 3.48. The van der Waals surface area contributed by atoms with Crippen molar-refractivity contribution in [3.63, 3.8) is 0 Å². The fourth-order valence-electron chi connectivity index (χ4n) is 3.72. The normalized spacial score (nSPS) is 14.3. The molecule has 1 fully saturated rings. The van der Waals surface area contributed by atoms with E-state index in [0.717, 1.165) is 48.6 Å². The molecule has 2 aromatic carbocycles. The molecule has 0 bridgehead atoms. The van der Waals surface area contributed by atoms with Crippen molar-refractivity contribution in [2.24, 2.45) is 4.99 Å². The van der Waals surface area contributed by atoms with E-state index < -0.39 is 0 Å². The maximum absolute atomic E-state index is 12.1. The number of aliphatic imine (C=N–C) groups is 1. The second-order valence-electron chi connectivity index (χ2n) is 8.17. The third-order valence-electron chi connectivity index (χ3n) is 5.54. The van der Waals surface area contributed by atoms with Gasteiger partial charge in [-0.2, -0.15) is 0 Å². The smallest absolute Gasteiger partial charge is 0.253 e. The van der Waals surface area contributed by atoms with Crippen LogP contribution in [0.2, 0.25) is 0 Å². The molecule has 0 unspecified atom stereocenters. The molecule has 1 saturated heterocycles. The molecule has 170 valence electrons. The molecule has 1 heterocycles. The first kappa shape index (κ1) is 23.3. The number of amides is 2. The van der Waals surface area contributed by atoms with Crippen LogP contribution < -0.4 is 15.5 Å². The van der Waals surface area contributed by atoms with Gasteiger partial charge in [0.1, 0.15) is 0 Å². The highest BCUT2D eigenvalue weighted by atomic mass is 16.2. The van der Waals surface area contributed by atoms with E-state index >= 15 is 0 Å². The standard InChI is InChI=1S/C25H33N5O2/c1-26-25(27-15-14-19-7-6-8-21(17-19)24(32)29(2)3)28-18-20-10-12-22(13-11-20)30-16-5-4-9-23(30)31/h6-8,10-13,17H,4-5,9,14-16,18H2,1-3H3,(H2,26,27,28). The van der Waals surface area contributed by atoms with E-state index in [1.54, 1.807) is 26.0 Å². The van der Waals surface area contributed by atoms with Crippen LogP contribution in [-0.4, -0.2) is 56.9 Å².